The first-order chi connectivity index (χ1) is 8.25. The molecule has 0 aliphatic carbocycles. The molecule has 0 unspecified atom stereocenters. The van der Waals surface area contributed by atoms with E-state index >= 15 is 0 Å². The van der Waals surface area contributed by atoms with E-state index in [-0.39, 0.29) is 35.9 Å². The first-order valence-corrected chi connectivity index (χ1v) is 6.05. The van der Waals surface area contributed by atoms with Crippen molar-refractivity contribution in [2.24, 2.45) is 5.73 Å². The van der Waals surface area contributed by atoms with Gasteiger partial charge in [0.1, 0.15) is 6.54 Å². The molecule has 0 radical (unpaired) electrons. The van der Waals surface area contributed by atoms with Crippen LogP contribution in [0.2, 0.25) is 0 Å². The van der Waals surface area contributed by atoms with Crippen LogP contribution in [0.3, 0.4) is 0 Å². The van der Waals surface area contributed by atoms with E-state index in [2.05, 4.69) is 26.2 Å². The number of halogens is 2. The molecule has 9 heteroatoms. The van der Waals surface area contributed by atoms with Gasteiger partial charge in [-0.1, -0.05) is 0 Å². The van der Waals surface area contributed by atoms with E-state index in [0.717, 1.165) is 4.57 Å². The Bertz CT molecular complexity index is 567. The monoisotopic (exact) mass is 354 g/mol. The van der Waals surface area contributed by atoms with Crippen molar-refractivity contribution >= 4 is 34.2 Å². The van der Waals surface area contributed by atoms with E-state index in [0.29, 0.717) is 0 Å². The molecule has 1 aromatic heterocycles. The van der Waals surface area contributed by atoms with Crippen molar-refractivity contribution in [1.29, 1.82) is 0 Å². The molecule has 1 aromatic rings. The normalized spacial score (nSPS) is 10.7. The third-order valence-corrected chi connectivity index (χ3v) is 2.83. The van der Waals surface area contributed by atoms with Gasteiger partial charge in [-0.3, -0.25) is 19.1 Å². The van der Waals surface area contributed by atoms with Crippen molar-refractivity contribution in [3.63, 3.8) is 0 Å². The van der Waals surface area contributed by atoms with Gasteiger partial charge in [-0.05, 0) is 29.8 Å². The van der Waals surface area contributed by atoms with Crippen LogP contribution in [0.5, 0.6) is 0 Å². The second-order valence-electron chi connectivity index (χ2n) is 4.50. The summed E-state index contributed by atoms with van der Waals surface area (Å²) in [6, 6.07) is 0. The van der Waals surface area contributed by atoms with Crippen LogP contribution >= 0.6 is 28.3 Å². The Morgan fingerprint density at radius 1 is 1.53 bits per heavy atom. The molecule has 0 bridgehead atoms. The Balaban J connectivity index is 0.00000324. The summed E-state index contributed by atoms with van der Waals surface area (Å²) in [4.78, 5) is 36.4. The Kier molecular flexibility index (Phi) is 6.47. The molecule has 0 fully saturated rings. The van der Waals surface area contributed by atoms with Gasteiger partial charge >= 0.3 is 5.69 Å². The highest BCUT2D eigenvalue weighted by molar-refractivity contribution is 9.10. The van der Waals surface area contributed by atoms with Gasteiger partial charge in [0, 0.05) is 18.3 Å². The minimum Gasteiger partial charge on any atom is -0.348 e. The van der Waals surface area contributed by atoms with Crippen molar-refractivity contribution in [3.05, 3.63) is 31.5 Å². The lowest BCUT2D eigenvalue weighted by Gasteiger charge is -2.24. The van der Waals surface area contributed by atoms with Gasteiger partial charge < -0.3 is 11.1 Å². The van der Waals surface area contributed by atoms with Crippen LogP contribution in [0.25, 0.3) is 0 Å². The molecule has 0 saturated carbocycles. The second kappa shape index (κ2) is 6.88. The van der Waals surface area contributed by atoms with Gasteiger partial charge in [0.25, 0.3) is 5.56 Å². The number of amides is 1. The Morgan fingerprint density at radius 2 is 2.11 bits per heavy atom. The number of aromatic nitrogens is 2. The quantitative estimate of drug-likeness (QED) is 0.681. The summed E-state index contributed by atoms with van der Waals surface area (Å²) in [7, 11) is 0. The smallest absolute Gasteiger partial charge is 0.328 e. The van der Waals surface area contributed by atoms with Gasteiger partial charge in [0.15, 0.2) is 0 Å². The third kappa shape index (κ3) is 5.17. The maximum absolute atomic E-state index is 11.7. The van der Waals surface area contributed by atoms with E-state index in [1.165, 1.54) is 6.20 Å². The summed E-state index contributed by atoms with van der Waals surface area (Å²) >= 11 is 2.99. The molecule has 0 aromatic carbocycles. The number of carbonyl (C=O) groups excluding carboxylic acids is 1. The number of nitrogens with one attached hydrogen (secondary N) is 2. The predicted molar refractivity (Wildman–Crippen MR) is 77.5 cm³/mol. The molecule has 1 amide bonds. The average Bonchev–Trinajstić information content (AvgIpc) is 2.25. The standard InChI is InChI=1S/C10H15BrN4O3.ClH/c1-10(2,5-12)14-7(16)4-15-3-6(11)8(17)13-9(15)18;/h3H,4-5,12H2,1-2H3,(H,14,16)(H,13,17,18);1H. The lowest BCUT2D eigenvalue weighted by Crippen LogP contribution is -2.50. The van der Waals surface area contributed by atoms with E-state index in [9.17, 15) is 14.4 Å². The predicted octanol–water partition coefficient (Wildman–Crippen LogP) is -0.426. The Labute approximate surface area is 124 Å². The fourth-order valence-corrected chi connectivity index (χ4v) is 1.57. The fourth-order valence-electron chi connectivity index (χ4n) is 1.22. The molecule has 0 atom stereocenters. The van der Waals surface area contributed by atoms with Crippen LogP contribution < -0.4 is 22.3 Å². The van der Waals surface area contributed by atoms with Crippen molar-refractivity contribution in [3.8, 4) is 0 Å². The minimum atomic E-state index is -0.635. The topological polar surface area (TPSA) is 110 Å². The molecule has 19 heavy (non-hydrogen) atoms. The van der Waals surface area contributed by atoms with Crippen LogP contribution in [0.15, 0.2) is 20.3 Å². The van der Waals surface area contributed by atoms with Crippen molar-refractivity contribution in [2.45, 2.75) is 25.9 Å². The number of aromatic amines is 1. The lowest BCUT2D eigenvalue weighted by molar-refractivity contribution is -0.123. The summed E-state index contributed by atoms with van der Waals surface area (Å²) < 4.78 is 1.29. The zero-order valence-corrected chi connectivity index (χ0v) is 12.9. The van der Waals surface area contributed by atoms with E-state index in [1.807, 2.05) is 0 Å². The Morgan fingerprint density at radius 3 is 2.63 bits per heavy atom. The molecule has 108 valence electrons. The van der Waals surface area contributed by atoms with Crippen molar-refractivity contribution < 1.29 is 4.79 Å². The van der Waals surface area contributed by atoms with Crippen LogP contribution in [0.4, 0.5) is 0 Å². The van der Waals surface area contributed by atoms with Crippen molar-refractivity contribution in [2.75, 3.05) is 6.54 Å². The third-order valence-electron chi connectivity index (χ3n) is 2.27. The van der Waals surface area contributed by atoms with Crippen LogP contribution in [-0.4, -0.2) is 27.5 Å². The largest absolute Gasteiger partial charge is 0.348 e. The molecule has 0 aliphatic rings. The SMILES string of the molecule is CC(C)(CN)NC(=O)Cn1cc(Br)c(=O)[nH]c1=O.Cl. The number of nitrogens with two attached hydrogens (primary N) is 1. The molecule has 1 heterocycles. The number of hydrogen-bond donors (Lipinski definition) is 3. The maximum atomic E-state index is 11.7. The highest BCUT2D eigenvalue weighted by atomic mass is 79.9. The van der Waals surface area contributed by atoms with E-state index in [1.54, 1.807) is 13.8 Å². The molecule has 1 rings (SSSR count). The molecule has 4 N–H and O–H groups in total. The average molecular weight is 356 g/mol. The molecule has 7 nitrogen and oxygen atoms in total. The number of carbonyl (C=O) groups is 1. The number of rotatable bonds is 4. The highest BCUT2D eigenvalue weighted by Crippen LogP contribution is 2.00. The minimum absolute atomic E-state index is 0. The molecule has 0 aliphatic heterocycles. The molecular weight excluding hydrogens is 339 g/mol. The summed E-state index contributed by atoms with van der Waals surface area (Å²) in [6.45, 7) is 3.65. The summed E-state index contributed by atoms with van der Waals surface area (Å²) in [5.41, 5.74) is 3.78. The fraction of sp³-hybridized carbons (Fsp3) is 0.500. The number of H-pyrrole nitrogens is 1. The lowest BCUT2D eigenvalue weighted by atomic mass is 10.1. The molecular formula is C10H16BrClN4O3. The molecule has 0 spiro atoms. The zero-order chi connectivity index (χ0) is 13.9. The van der Waals surface area contributed by atoms with Crippen molar-refractivity contribution in [1.82, 2.24) is 14.9 Å². The Hall–Kier alpha value is -1.12. The summed E-state index contributed by atoms with van der Waals surface area (Å²) in [5, 5.41) is 2.68. The number of nitrogens with zero attached hydrogens (tertiary/aromatic N) is 1. The number of hydrogen-bond acceptors (Lipinski definition) is 4. The van der Waals surface area contributed by atoms with Crippen LogP contribution in [0.1, 0.15) is 13.8 Å². The highest BCUT2D eigenvalue weighted by Gasteiger charge is 2.18. The van der Waals surface area contributed by atoms with Crippen LogP contribution in [0, 0.1) is 0 Å². The van der Waals surface area contributed by atoms with Gasteiger partial charge in [0.2, 0.25) is 5.91 Å². The van der Waals surface area contributed by atoms with Gasteiger partial charge in [-0.25, -0.2) is 4.79 Å². The second-order valence-corrected chi connectivity index (χ2v) is 5.35. The maximum Gasteiger partial charge on any atom is 0.328 e. The first kappa shape index (κ1) is 17.9. The van der Waals surface area contributed by atoms with E-state index in [4.69, 9.17) is 5.73 Å². The van der Waals surface area contributed by atoms with Gasteiger partial charge in [-0.2, -0.15) is 0 Å². The van der Waals surface area contributed by atoms with Gasteiger partial charge in [-0.15, -0.1) is 12.4 Å². The zero-order valence-electron chi connectivity index (χ0n) is 10.5. The summed E-state index contributed by atoms with van der Waals surface area (Å²) in [5.74, 6) is -0.355. The van der Waals surface area contributed by atoms with E-state index < -0.39 is 16.8 Å². The summed E-state index contributed by atoms with van der Waals surface area (Å²) in [6.07, 6.45) is 1.27. The first-order valence-electron chi connectivity index (χ1n) is 5.25. The van der Waals surface area contributed by atoms with Crippen LogP contribution in [-0.2, 0) is 11.3 Å². The molecule has 0 saturated heterocycles. The van der Waals surface area contributed by atoms with Gasteiger partial charge in [0.05, 0.1) is 4.47 Å².